The first-order chi connectivity index (χ1) is 13.2. The highest BCUT2D eigenvalue weighted by molar-refractivity contribution is 5.99. The molecule has 1 atom stereocenters. The average molecular weight is 389 g/mol. The lowest BCUT2D eigenvalue weighted by molar-refractivity contribution is -0.384. The highest BCUT2D eigenvalue weighted by Gasteiger charge is 2.25. The maximum Gasteiger partial charge on any atom is 0.342 e. The Kier molecular flexibility index (Phi) is 6.22. The van der Waals surface area contributed by atoms with Crippen molar-refractivity contribution in [2.75, 3.05) is 12.4 Å². The molecule has 2 aromatic carbocycles. The van der Waals surface area contributed by atoms with Crippen molar-refractivity contribution in [3.8, 4) is 5.75 Å². The molecule has 0 heterocycles. The second kappa shape index (κ2) is 8.58. The summed E-state index contributed by atoms with van der Waals surface area (Å²) in [6.07, 6.45) is -1.34. The molecule has 0 saturated heterocycles. The van der Waals surface area contributed by atoms with E-state index in [9.17, 15) is 29.8 Å². The molecule has 0 aliphatic heterocycles. The third-order valence-electron chi connectivity index (χ3n) is 3.63. The number of nitro benzene ring substituents is 2. The summed E-state index contributed by atoms with van der Waals surface area (Å²) >= 11 is 0. The molecule has 1 N–H and O–H groups in total. The lowest BCUT2D eigenvalue weighted by Gasteiger charge is -2.14. The second-order valence-electron chi connectivity index (χ2n) is 5.45. The molecular formula is C17H15N3O8. The van der Waals surface area contributed by atoms with Gasteiger partial charge in [-0.25, -0.2) is 4.79 Å². The minimum atomic E-state index is -1.34. The first-order valence-corrected chi connectivity index (χ1v) is 7.82. The molecule has 2 rings (SSSR count). The van der Waals surface area contributed by atoms with Gasteiger partial charge >= 0.3 is 5.97 Å². The van der Waals surface area contributed by atoms with Gasteiger partial charge in [0.1, 0.15) is 17.0 Å². The number of ether oxygens (including phenoxy) is 2. The molecule has 0 saturated carbocycles. The quantitative estimate of drug-likeness (QED) is 0.431. The number of rotatable bonds is 7. The zero-order valence-electron chi connectivity index (χ0n) is 14.8. The number of amides is 1. The molecule has 0 radical (unpaired) electrons. The summed E-state index contributed by atoms with van der Waals surface area (Å²) in [6.45, 7) is 1.26. The highest BCUT2D eigenvalue weighted by atomic mass is 16.6. The molecule has 0 aromatic heterocycles. The number of nitrogens with zero attached hydrogens (tertiary/aromatic N) is 2. The van der Waals surface area contributed by atoms with Crippen molar-refractivity contribution in [3.05, 3.63) is 68.3 Å². The zero-order chi connectivity index (χ0) is 20.8. The van der Waals surface area contributed by atoms with Crippen molar-refractivity contribution in [2.24, 2.45) is 0 Å². The molecule has 0 aliphatic carbocycles. The number of anilines is 1. The monoisotopic (exact) mass is 389 g/mol. The number of nitro groups is 2. The summed E-state index contributed by atoms with van der Waals surface area (Å²) in [4.78, 5) is 45.1. The van der Waals surface area contributed by atoms with Crippen LogP contribution < -0.4 is 10.1 Å². The predicted molar refractivity (Wildman–Crippen MR) is 96.3 cm³/mol. The molecule has 0 bridgehead atoms. The second-order valence-corrected chi connectivity index (χ2v) is 5.45. The fourth-order valence-corrected chi connectivity index (χ4v) is 2.22. The Hall–Kier alpha value is -4.02. The Morgan fingerprint density at radius 1 is 1.07 bits per heavy atom. The zero-order valence-corrected chi connectivity index (χ0v) is 14.8. The van der Waals surface area contributed by atoms with E-state index in [1.165, 1.54) is 44.4 Å². The van der Waals surface area contributed by atoms with E-state index >= 15 is 0 Å². The van der Waals surface area contributed by atoms with Crippen molar-refractivity contribution >= 4 is 28.9 Å². The van der Waals surface area contributed by atoms with Crippen LogP contribution in [-0.4, -0.2) is 34.9 Å². The van der Waals surface area contributed by atoms with E-state index in [0.29, 0.717) is 0 Å². The van der Waals surface area contributed by atoms with Crippen LogP contribution in [0.5, 0.6) is 5.75 Å². The third-order valence-corrected chi connectivity index (χ3v) is 3.63. The fourth-order valence-electron chi connectivity index (χ4n) is 2.22. The molecule has 0 aliphatic rings. The van der Waals surface area contributed by atoms with E-state index < -0.39 is 27.8 Å². The molecule has 2 aromatic rings. The van der Waals surface area contributed by atoms with E-state index in [4.69, 9.17) is 9.47 Å². The van der Waals surface area contributed by atoms with Gasteiger partial charge in [0.05, 0.1) is 17.0 Å². The van der Waals surface area contributed by atoms with Gasteiger partial charge in [0, 0.05) is 18.2 Å². The van der Waals surface area contributed by atoms with Crippen molar-refractivity contribution in [3.63, 3.8) is 0 Å². The Morgan fingerprint density at radius 2 is 1.75 bits per heavy atom. The number of methoxy groups -OCH3 is 1. The van der Waals surface area contributed by atoms with Crippen LogP contribution in [0.15, 0.2) is 42.5 Å². The van der Waals surface area contributed by atoms with E-state index in [1.54, 1.807) is 0 Å². The van der Waals surface area contributed by atoms with Gasteiger partial charge in [-0.1, -0.05) is 12.1 Å². The number of non-ortho nitro benzene ring substituents is 1. The first-order valence-electron chi connectivity index (χ1n) is 7.82. The van der Waals surface area contributed by atoms with Gasteiger partial charge in [-0.05, 0) is 19.1 Å². The number of esters is 1. The molecule has 146 valence electrons. The molecule has 1 unspecified atom stereocenters. The van der Waals surface area contributed by atoms with E-state index in [-0.39, 0.29) is 28.4 Å². The van der Waals surface area contributed by atoms with Crippen LogP contribution in [0.4, 0.5) is 17.1 Å². The normalized spacial score (nSPS) is 11.2. The Bertz CT molecular complexity index is 944. The van der Waals surface area contributed by atoms with E-state index in [2.05, 4.69) is 5.32 Å². The summed E-state index contributed by atoms with van der Waals surface area (Å²) in [5.41, 5.74) is -0.977. The summed E-state index contributed by atoms with van der Waals surface area (Å²) in [5, 5.41) is 24.2. The Balaban J connectivity index is 2.16. The average Bonchev–Trinajstić information content (AvgIpc) is 2.67. The highest BCUT2D eigenvalue weighted by Crippen LogP contribution is 2.26. The van der Waals surface area contributed by atoms with E-state index in [1.807, 2.05) is 0 Å². The van der Waals surface area contributed by atoms with Crippen molar-refractivity contribution in [2.45, 2.75) is 13.0 Å². The van der Waals surface area contributed by atoms with Gasteiger partial charge in [-0.15, -0.1) is 0 Å². The molecule has 0 spiro atoms. The minimum Gasteiger partial charge on any atom is -0.496 e. The van der Waals surface area contributed by atoms with Gasteiger partial charge in [-0.2, -0.15) is 0 Å². The number of hydrogen-bond donors (Lipinski definition) is 1. The van der Waals surface area contributed by atoms with Crippen molar-refractivity contribution in [1.29, 1.82) is 0 Å². The van der Waals surface area contributed by atoms with Gasteiger partial charge < -0.3 is 14.8 Å². The summed E-state index contributed by atoms with van der Waals surface area (Å²) in [5.74, 6) is -1.81. The standard InChI is InChI=1S/C17H15N3O8/c1-10(16(21)18-13-5-3-4-6-14(13)20(25)26)28-17(22)12-9-11(19(23)24)7-8-15(12)27-2/h3-10H,1-2H3,(H,18,21). The maximum absolute atomic E-state index is 12.3. The van der Waals surface area contributed by atoms with Crippen LogP contribution in [0.2, 0.25) is 0 Å². The maximum atomic E-state index is 12.3. The number of hydrogen-bond acceptors (Lipinski definition) is 8. The Labute approximate surface area is 158 Å². The first kappa shape index (κ1) is 20.3. The van der Waals surface area contributed by atoms with Crippen LogP contribution in [0.3, 0.4) is 0 Å². The molecular weight excluding hydrogens is 374 g/mol. The van der Waals surface area contributed by atoms with E-state index in [0.717, 1.165) is 12.1 Å². The van der Waals surface area contributed by atoms with Gasteiger partial charge in [0.25, 0.3) is 17.3 Å². The molecule has 0 fully saturated rings. The van der Waals surface area contributed by atoms with Crippen LogP contribution in [-0.2, 0) is 9.53 Å². The third kappa shape index (κ3) is 4.58. The summed E-state index contributed by atoms with van der Waals surface area (Å²) in [6, 6.07) is 8.81. The van der Waals surface area contributed by atoms with Crippen LogP contribution in [0.1, 0.15) is 17.3 Å². The summed E-state index contributed by atoms with van der Waals surface area (Å²) < 4.78 is 10.0. The lowest BCUT2D eigenvalue weighted by atomic mass is 10.1. The molecule has 28 heavy (non-hydrogen) atoms. The topological polar surface area (TPSA) is 151 Å². The van der Waals surface area contributed by atoms with Crippen LogP contribution >= 0.6 is 0 Å². The van der Waals surface area contributed by atoms with Crippen molar-refractivity contribution in [1.82, 2.24) is 0 Å². The smallest absolute Gasteiger partial charge is 0.342 e. The number of para-hydroxylation sites is 2. The number of benzene rings is 2. The minimum absolute atomic E-state index is 0.0295. The van der Waals surface area contributed by atoms with Crippen LogP contribution in [0.25, 0.3) is 0 Å². The van der Waals surface area contributed by atoms with Gasteiger partial charge in [0.2, 0.25) is 0 Å². The molecule has 1 amide bonds. The fraction of sp³-hybridized carbons (Fsp3) is 0.176. The van der Waals surface area contributed by atoms with Crippen LogP contribution in [0, 0.1) is 20.2 Å². The molecule has 11 nitrogen and oxygen atoms in total. The number of carbonyl (C=O) groups excluding carboxylic acids is 2. The summed E-state index contributed by atoms with van der Waals surface area (Å²) in [7, 11) is 1.27. The van der Waals surface area contributed by atoms with Crippen molar-refractivity contribution < 1.29 is 28.9 Å². The SMILES string of the molecule is COc1ccc([N+](=O)[O-])cc1C(=O)OC(C)C(=O)Nc1ccccc1[N+](=O)[O-]. The number of nitrogens with one attached hydrogen (secondary N) is 1. The number of carbonyl (C=O) groups is 2. The largest absolute Gasteiger partial charge is 0.496 e. The Morgan fingerprint density at radius 3 is 2.36 bits per heavy atom. The molecule has 11 heteroatoms. The predicted octanol–water partition coefficient (Wildman–Crippen LogP) is 2.70. The van der Waals surface area contributed by atoms with Gasteiger partial charge in [0.15, 0.2) is 6.10 Å². The lowest BCUT2D eigenvalue weighted by Crippen LogP contribution is -2.30. The van der Waals surface area contributed by atoms with Gasteiger partial charge in [-0.3, -0.25) is 25.0 Å².